The average Bonchev–Trinajstić information content (AvgIpc) is 3.01. The van der Waals surface area contributed by atoms with E-state index >= 15 is 0 Å². The van der Waals surface area contributed by atoms with E-state index in [1.165, 1.54) is 24.8 Å². The Balaban J connectivity index is 0.00000144. The lowest BCUT2D eigenvalue weighted by molar-refractivity contribution is 0.120. The second-order valence-corrected chi connectivity index (χ2v) is 6.42. The maximum Gasteiger partial charge on any atom is 0.231 e. The van der Waals surface area contributed by atoms with Crippen LogP contribution in [0.3, 0.4) is 0 Å². The minimum Gasteiger partial charge on any atom is -0.339 e. The molecule has 118 valence electrons. The molecule has 1 aromatic carbocycles. The molecule has 2 unspecified atom stereocenters. The minimum absolute atomic E-state index is 0. The van der Waals surface area contributed by atoms with Gasteiger partial charge in [-0.3, -0.25) is 4.90 Å². The van der Waals surface area contributed by atoms with Gasteiger partial charge in [0.1, 0.15) is 0 Å². The van der Waals surface area contributed by atoms with Crippen LogP contribution in [0, 0.1) is 6.92 Å². The Morgan fingerprint density at radius 3 is 2.64 bits per heavy atom. The van der Waals surface area contributed by atoms with Crippen LogP contribution in [0.5, 0.6) is 0 Å². The SMILES string of the molecule is C.Cc1noc(C2C3CC[C@H](C[C@@H]2c2ccccc2)N3C)n1. The quantitative estimate of drug-likeness (QED) is 0.847. The summed E-state index contributed by atoms with van der Waals surface area (Å²) in [4.78, 5) is 7.09. The molecule has 4 atom stereocenters. The molecule has 2 aliphatic rings. The molecular formula is C18H25N3O. The highest BCUT2D eigenvalue weighted by molar-refractivity contribution is 5.27. The second kappa shape index (κ2) is 5.84. The van der Waals surface area contributed by atoms with Crippen molar-refractivity contribution in [2.45, 2.75) is 57.5 Å². The number of aromatic nitrogens is 2. The van der Waals surface area contributed by atoms with Gasteiger partial charge < -0.3 is 4.52 Å². The summed E-state index contributed by atoms with van der Waals surface area (Å²) in [6.07, 6.45) is 3.70. The zero-order valence-electron chi connectivity index (χ0n) is 12.6. The molecule has 1 aromatic heterocycles. The van der Waals surface area contributed by atoms with Crippen LogP contribution in [0.4, 0.5) is 0 Å². The number of rotatable bonds is 2. The summed E-state index contributed by atoms with van der Waals surface area (Å²) in [6, 6.07) is 12.0. The van der Waals surface area contributed by atoms with Gasteiger partial charge in [0.25, 0.3) is 0 Å². The number of nitrogens with zero attached hydrogens (tertiary/aromatic N) is 3. The van der Waals surface area contributed by atoms with E-state index in [2.05, 4.69) is 52.4 Å². The Morgan fingerprint density at radius 1 is 1.18 bits per heavy atom. The highest BCUT2D eigenvalue weighted by atomic mass is 16.5. The number of likely N-dealkylation sites (N-methyl/N-ethyl adjacent to an activating group) is 1. The van der Waals surface area contributed by atoms with E-state index in [0.717, 1.165) is 11.7 Å². The van der Waals surface area contributed by atoms with Crippen molar-refractivity contribution in [1.29, 1.82) is 0 Å². The molecule has 0 amide bonds. The highest BCUT2D eigenvalue weighted by Crippen LogP contribution is 2.50. The number of piperidine rings is 1. The standard InChI is InChI=1S/C17H21N3O.CH4/c1-11-18-17(21-19-11)16-14(12-6-4-3-5-7-12)10-13-8-9-15(16)20(13)2;/h3-7,13-16H,8-10H2,1-2H3;1H4/t13-,14-,15?,16?;/m1./s1. The third kappa shape index (κ3) is 2.35. The minimum atomic E-state index is 0. The van der Waals surface area contributed by atoms with Crippen molar-refractivity contribution in [2.75, 3.05) is 7.05 Å². The Morgan fingerprint density at radius 2 is 1.95 bits per heavy atom. The van der Waals surface area contributed by atoms with Crippen LogP contribution in [-0.4, -0.2) is 34.2 Å². The molecule has 22 heavy (non-hydrogen) atoms. The third-order valence-corrected chi connectivity index (χ3v) is 5.32. The average molecular weight is 299 g/mol. The maximum atomic E-state index is 5.57. The number of aryl methyl sites for hydroxylation is 1. The van der Waals surface area contributed by atoms with Crippen molar-refractivity contribution in [3.8, 4) is 0 Å². The van der Waals surface area contributed by atoms with E-state index in [1.807, 2.05) is 6.92 Å². The highest BCUT2D eigenvalue weighted by Gasteiger charge is 2.48. The fraction of sp³-hybridized carbons (Fsp3) is 0.556. The molecule has 4 heteroatoms. The van der Waals surface area contributed by atoms with E-state index in [1.54, 1.807) is 0 Å². The van der Waals surface area contributed by atoms with E-state index in [0.29, 0.717) is 23.9 Å². The Labute approximate surface area is 132 Å². The smallest absolute Gasteiger partial charge is 0.231 e. The summed E-state index contributed by atoms with van der Waals surface area (Å²) >= 11 is 0. The van der Waals surface area contributed by atoms with Gasteiger partial charge in [-0.15, -0.1) is 0 Å². The summed E-state index contributed by atoms with van der Waals surface area (Å²) in [5.74, 6) is 2.36. The van der Waals surface area contributed by atoms with E-state index in [-0.39, 0.29) is 7.43 Å². The van der Waals surface area contributed by atoms with E-state index in [4.69, 9.17) is 4.52 Å². The van der Waals surface area contributed by atoms with Crippen LogP contribution in [-0.2, 0) is 0 Å². The lowest BCUT2D eigenvalue weighted by Gasteiger charge is -2.41. The third-order valence-electron chi connectivity index (χ3n) is 5.32. The van der Waals surface area contributed by atoms with Gasteiger partial charge in [0.2, 0.25) is 5.89 Å². The monoisotopic (exact) mass is 299 g/mol. The predicted octanol–water partition coefficient (Wildman–Crippen LogP) is 3.75. The summed E-state index contributed by atoms with van der Waals surface area (Å²) in [5, 5.41) is 4.02. The van der Waals surface area contributed by atoms with Crippen molar-refractivity contribution in [1.82, 2.24) is 15.0 Å². The lowest BCUT2D eigenvalue weighted by Crippen LogP contribution is -2.44. The van der Waals surface area contributed by atoms with Crippen molar-refractivity contribution in [3.05, 3.63) is 47.6 Å². The fourth-order valence-electron chi connectivity index (χ4n) is 4.29. The molecule has 2 bridgehead atoms. The van der Waals surface area contributed by atoms with Gasteiger partial charge >= 0.3 is 0 Å². The van der Waals surface area contributed by atoms with Crippen LogP contribution in [0.15, 0.2) is 34.9 Å². The van der Waals surface area contributed by atoms with Gasteiger partial charge in [-0.1, -0.05) is 42.9 Å². The van der Waals surface area contributed by atoms with Crippen LogP contribution < -0.4 is 0 Å². The van der Waals surface area contributed by atoms with E-state index in [9.17, 15) is 0 Å². The molecular weight excluding hydrogens is 274 g/mol. The van der Waals surface area contributed by atoms with Crippen molar-refractivity contribution < 1.29 is 4.52 Å². The van der Waals surface area contributed by atoms with Crippen molar-refractivity contribution in [3.63, 3.8) is 0 Å². The first-order chi connectivity index (χ1) is 10.2. The van der Waals surface area contributed by atoms with E-state index < -0.39 is 0 Å². The topological polar surface area (TPSA) is 42.2 Å². The Hall–Kier alpha value is -1.68. The zero-order valence-corrected chi connectivity index (χ0v) is 12.6. The molecule has 0 spiro atoms. The maximum absolute atomic E-state index is 5.57. The second-order valence-electron chi connectivity index (χ2n) is 6.42. The van der Waals surface area contributed by atoms with Crippen LogP contribution in [0.25, 0.3) is 0 Å². The largest absolute Gasteiger partial charge is 0.339 e. The first-order valence-corrected chi connectivity index (χ1v) is 7.81. The van der Waals surface area contributed by atoms with Gasteiger partial charge in [0.15, 0.2) is 5.82 Å². The lowest BCUT2D eigenvalue weighted by atomic mass is 9.76. The summed E-state index contributed by atoms with van der Waals surface area (Å²) in [6.45, 7) is 1.90. The molecule has 3 heterocycles. The van der Waals surface area contributed by atoms with Gasteiger partial charge in [-0.25, -0.2) is 0 Å². The number of hydrogen-bond donors (Lipinski definition) is 0. The first kappa shape index (κ1) is 15.2. The summed E-state index contributed by atoms with van der Waals surface area (Å²) in [7, 11) is 2.25. The molecule has 4 rings (SSSR count). The van der Waals surface area contributed by atoms with Gasteiger partial charge in [-0.2, -0.15) is 4.98 Å². The normalized spacial score (nSPS) is 31.0. The van der Waals surface area contributed by atoms with Gasteiger partial charge in [0, 0.05) is 12.1 Å². The summed E-state index contributed by atoms with van der Waals surface area (Å²) < 4.78 is 5.57. The van der Waals surface area contributed by atoms with Crippen LogP contribution in [0.1, 0.15) is 55.8 Å². The Bertz CT molecular complexity index is 624. The number of benzene rings is 1. The fourth-order valence-corrected chi connectivity index (χ4v) is 4.29. The zero-order chi connectivity index (χ0) is 14.4. The van der Waals surface area contributed by atoms with Gasteiger partial charge in [-0.05, 0) is 44.7 Å². The molecule has 0 aliphatic carbocycles. The van der Waals surface area contributed by atoms with Crippen LogP contribution >= 0.6 is 0 Å². The molecule has 0 saturated carbocycles. The molecule has 2 saturated heterocycles. The molecule has 4 nitrogen and oxygen atoms in total. The molecule has 2 fully saturated rings. The molecule has 2 aliphatic heterocycles. The van der Waals surface area contributed by atoms with Gasteiger partial charge in [0.05, 0.1) is 5.92 Å². The number of hydrogen-bond acceptors (Lipinski definition) is 4. The molecule has 0 radical (unpaired) electrons. The Kier molecular flexibility index (Phi) is 4.04. The van der Waals surface area contributed by atoms with Crippen molar-refractivity contribution >= 4 is 0 Å². The first-order valence-electron chi connectivity index (χ1n) is 7.81. The summed E-state index contributed by atoms with van der Waals surface area (Å²) in [5.41, 5.74) is 1.41. The van der Waals surface area contributed by atoms with Crippen molar-refractivity contribution in [2.24, 2.45) is 0 Å². The molecule has 0 N–H and O–H groups in total. The van der Waals surface area contributed by atoms with Crippen LogP contribution in [0.2, 0.25) is 0 Å². The molecule has 2 aromatic rings. The number of fused-ring (bicyclic) bond motifs is 2. The predicted molar refractivity (Wildman–Crippen MR) is 86.9 cm³/mol.